The minimum Gasteiger partial charge on any atom is -0.387 e. The topological polar surface area (TPSA) is 39.6 Å². The van der Waals surface area contributed by atoms with Crippen LogP contribution in [0.4, 0.5) is 0 Å². The molecule has 4 heteroatoms. The van der Waals surface area contributed by atoms with Gasteiger partial charge in [0, 0.05) is 51.7 Å². The first-order valence-corrected chi connectivity index (χ1v) is 8.70. The fraction of sp³-hybridized carbons (Fsp3) is 0.450. The molecule has 1 aromatic carbocycles. The van der Waals surface area contributed by atoms with Gasteiger partial charge in [0.25, 0.3) is 0 Å². The summed E-state index contributed by atoms with van der Waals surface area (Å²) in [6.45, 7) is 9.92. The first-order chi connectivity index (χ1) is 11.6. The summed E-state index contributed by atoms with van der Waals surface area (Å²) in [6, 6.07) is 10.5. The summed E-state index contributed by atoms with van der Waals surface area (Å²) in [5, 5.41) is 10.6. The number of hydrogen-bond donors (Lipinski definition) is 1. The van der Waals surface area contributed by atoms with Gasteiger partial charge >= 0.3 is 0 Å². The summed E-state index contributed by atoms with van der Waals surface area (Å²) in [7, 11) is 0. The van der Waals surface area contributed by atoms with Crippen molar-refractivity contribution in [2.75, 3.05) is 32.7 Å². The second kappa shape index (κ2) is 7.88. The smallest absolute Gasteiger partial charge is 0.0917 e. The third-order valence-corrected chi connectivity index (χ3v) is 4.65. The number of aryl methyl sites for hydroxylation is 2. The number of aliphatic hydroxyl groups excluding tert-OH is 1. The van der Waals surface area contributed by atoms with Gasteiger partial charge in [-0.2, -0.15) is 0 Å². The molecule has 0 amide bonds. The van der Waals surface area contributed by atoms with E-state index >= 15 is 0 Å². The summed E-state index contributed by atoms with van der Waals surface area (Å²) >= 11 is 0. The minimum absolute atomic E-state index is 0.409. The van der Waals surface area contributed by atoms with Crippen LogP contribution >= 0.6 is 0 Å². The molecule has 4 nitrogen and oxygen atoms in total. The lowest BCUT2D eigenvalue weighted by Crippen LogP contribution is -2.47. The van der Waals surface area contributed by atoms with Crippen LogP contribution in [0.25, 0.3) is 0 Å². The van der Waals surface area contributed by atoms with Crippen LogP contribution in [0, 0.1) is 13.8 Å². The summed E-state index contributed by atoms with van der Waals surface area (Å²) in [5.74, 6) is 0. The quantitative estimate of drug-likeness (QED) is 0.917. The average Bonchev–Trinajstić information content (AvgIpc) is 2.57. The van der Waals surface area contributed by atoms with Gasteiger partial charge in [-0.25, -0.2) is 0 Å². The molecule has 1 N–H and O–H groups in total. The maximum Gasteiger partial charge on any atom is 0.0917 e. The first-order valence-electron chi connectivity index (χ1n) is 8.70. The van der Waals surface area contributed by atoms with Gasteiger partial charge in [0.2, 0.25) is 0 Å². The molecule has 1 saturated heterocycles. The standard InChI is InChI=1S/C20H27N3O/c1-16-10-17(2)12-19(11-16)20(24)15-23-8-6-22(7-9-23)14-18-4-3-5-21-13-18/h3-5,10-13,20,24H,6-9,14-15H2,1-2H3. The van der Waals surface area contributed by atoms with Gasteiger partial charge in [-0.05, 0) is 31.0 Å². The Morgan fingerprint density at radius 3 is 2.33 bits per heavy atom. The SMILES string of the molecule is Cc1cc(C)cc(C(O)CN2CCN(Cc3cccnc3)CC2)c1. The molecule has 1 unspecified atom stereocenters. The number of β-amino-alcohol motifs (C(OH)–C–C–N with tert-alkyl or cyclic N) is 1. The highest BCUT2D eigenvalue weighted by atomic mass is 16.3. The predicted molar refractivity (Wildman–Crippen MR) is 96.8 cm³/mol. The van der Waals surface area contributed by atoms with Crippen LogP contribution in [0.1, 0.15) is 28.4 Å². The van der Waals surface area contributed by atoms with E-state index in [1.807, 2.05) is 18.5 Å². The molecule has 0 saturated carbocycles. The third-order valence-electron chi connectivity index (χ3n) is 4.65. The number of nitrogens with zero attached hydrogens (tertiary/aromatic N) is 3. The van der Waals surface area contributed by atoms with Crippen molar-refractivity contribution < 1.29 is 5.11 Å². The van der Waals surface area contributed by atoms with E-state index in [9.17, 15) is 5.11 Å². The number of aliphatic hydroxyl groups is 1. The summed E-state index contributed by atoms with van der Waals surface area (Å²) in [6.07, 6.45) is 3.35. The Morgan fingerprint density at radius 2 is 1.71 bits per heavy atom. The second-order valence-electron chi connectivity index (χ2n) is 6.87. The molecule has 1 aliphatic heterocycles. The molecule has 1 atom stereocenters. The van der Waals surface area contributed by atoms with E-state index in [0.717, 1.165) is 38.3 Å². The van der Waals surface area contributed by atoms with Crippen LogP contribution in [0.15, 0.2) is 42.7 Å². The minimum atomic E-state index is -0.409. The van der Waals surface area contributed by atoms with Crippen molar-refractivity contribution in [1.29, 1.82) is 0 Å². The Labute approximate surface area is 144 Å². The molecule has 2 heterocycles. The van der Waals surface area contributed by atoms with Crippen LogP contribution in [0.3, 0.4) is 0 Å². The maximum absolute atomic E-state index is 10.6. The molecule has 0 spiro atoms. The molecule has 0 radical (unpaired) electrons. The van der Waals surface area contributed by atoms with Gasteiger partial charge in [-0.1, -0.05) is 35.4 Å². The Morgan fingerprint density at radius 1 is 1.04 bits per heavy atom. The zero-order valence-corrected chi connectivity index (χ0v) is 14.7. The van der Waals surface area contributed by atoms with Crippen LogP contribution in [-0.2, 0) is 6.54 Å². The molecule has 0 bridgehead atoms. The number of piperazine rings is 1. The van der Waals surface area contributed by atoms with Gasteiger partial charge < -0.3 is 5.11 Å². The molecule has 0 aliphatic carbocycles. The third kappa shape index (κ3) is 4.63. The lowest BCUT2D eigenvalue weighted by atomic mass is 10.0. The lowest BCUT2D eigenvalue weighted by Gasteiger charge is -2.35. The molecule has 1 aliphatic rings. The molecule has 24 heavy (non-hydrogen) atoms. The molecule has 1 fully saturated rings. The molecular weight excluding hydrogens is 298 g/mol. The number of rotatable bonds is 5. The van der Waals surface area contributed by atoms with E-state index in [-0.39, 0.29) is 0 Å². The number of benzene rings is 1. The van der Waals surface area contributed by atoms with Crippen molar-refractivity contribution in [3.63, 3.8) is 0 Å². The molecular formula is C20H27N3O. The normalized spacial score (nSPS) is 17.8. The van der Waals surface area contributed by atoms with Crippen molar-refractivity contribution in [1.82, 2.24) is 14.8 Å². The summed E-state index contributed by atoms with van der Waals surface area (Å²) < 4.78 is 0. The van der Waals surface area contributed by atoms with E-state index in [4.69, 9.17) is 0 Å². The van der Waals surface area contributed by atoms with Gasteiger partial charge in [0.15, 0.2) is 0 Å². The predicted octanol–water partition coefficient (Wildman–Crippen LogP) is 2.55. The average molecular weight is 325 g/mol. The Balaban J connectivity index is 1.50. The zero-order valence-electron chi connectivity index (χ0n) is 14.7. The van der Waals surface area contributed by atoms with Crippen molar-refractivity contribution in [3.05, 3.63) is 65.0 Å². The molecule has 1 aromatic heterocycles. The zero-order chi connectivity index (χ0) is 16.9. The largest absolute Gasteiger partial charge is 0.387 e. The van der Waals surface area contributed by atoms with Crippen molar-refractivity contribution in [2.24, 2.45) is 0 Å². The highest BCUT2D eigenvalue weighted by Gasteiger charge is 2.20. The van der Waals surface area contributed by atoms with Crippen LogP contribution in [0.2, 0.25) is 0 Å². The summed E-state index contributed by atoms with van der Waals surface area (Å²) in [4.78, 5) is 9.00. The number of hydrogen-bond acceptors (Lipinski definition) is 4. The maximum atomic E-state index is 10.6. The van der Waals surface area contributed by atoms with E-state index in [1.165, 1.54) is 16.7 Å². The molecule has 3 rings (SSSR count). The highest BCUT2D eigenvalue weighted by molar-refractivity contribution is 5.30. The fourth-order valence-electron chi connectivity index (χ4n) is 3.43. The van der Waals surface area contributed by atoms with E-state index in [1.54, 1.807) is 0 Å². The van der Waals surface area contributed by atoms with Crippen molar-refractivity contribution in [3.8, 4) is 0 Å². The highest BCUT2D eigenvalue weighted by Crippen LogP contribution is 2.19. The number of aromatic nitrogens is 1. The van der Waals surface area contributed by atoms with Crippen LogP contribution in [0.5, 0.6) is 0 Å². The van der Waals surface area contributed by atoms with Gasteiger partial charge in [-0.15, -0.1) is 0 Å². The monoisotopic (exact) mass is 325 g/mol. The lowest BCUT2D eigenvalue weighted by molar-refractivity contribution is 0.0700. The van der Waals surface area contributed by atoms with Crippen LogP contribution < -0.4 is 0 Å². The Hall–Kier alpha value is -1.75. The Bertz CT molecular complexity index is 631. The van der Waals surface area contributed by atoms with Gasteiger partial charge in [-0.3, -0.25) is 14.8 Å². The van der Waals surface area contributed by atoms with E-state index < -0.39 is 6.10 Å². The van der Waals surface area contributed by atoms with E-state index in [0.29, 0.717) is 6.54 Å². The second-order valence-corrected chi connectivity index (χ2v) is 6.87. The van der Waals surface area contributed by atoms with Crippen LogP contribution in [-0.4, -0.2) is 52.6 Å². The van der Waals surface area contributed by atoms with Gasteiger partial charge in [0.1, 0.15) is 0 Å². The molecule has 128 valence electrons. The van der Waals surface area contributed by atoms with E-state index in [2.05, 4.69) is 52.9 Å². The van der Waals surface area contributed by atoms with Crippen molar-refractivity contribution >= 4 is 0 Å². The number of pyridine rings is 1. The van der Waals surface area contributed by atoms with Crippen molar-refractivity contribution in [2.45, 2.75) is 26.5 Å². The fourth-order valence-corrected chi connectivity index (χ4v) is 3.43. The molecule has 2 aromatic rings. The Kier molecular flexibility index (Phi) is 5.61. The first kappa shape index (κ1) is 17.1. The van der Waals surface area contributed by atoms with Gasteiger partial charge in [0.05, 0.1) is 6.10 Å². The summed E-state index contributed by atoms with van der Waals surface area (Å²) in [5.41, 5.74) is 4.72.